The van der Waals surface area contributed by atoms with Crippen molar-refractivity contribution in [2.24, 2.45) is 52.3 Å². The highest BCUT2D eigenvalue weighted by Gasteiger charge is 2.60. The molecule has 9 unspecified atom stereocenters. The molecule has 0 bridgehead atoms. The number of fused-ring (bicyclic) bond motifs is 5. The summed E-state index contributed by atoms with van der Waals surface area (Å²) < 4.78 is 28.9. The Morgan fingerprint density at radius 1 is 0.683 bits per heavy atom. The summed E-state index contributed by atoms with van der Waals surface area (Å²) in [4.78, 5) is 36.3. The summed E-state index contributed by atoms with van der Waals surface area (Å²) in [6, 6.07) is 5.43. The standard InChI is InChI=1S/C52H80O8/c1-8-48(53)58-33-16-12-10-14-31-56-46-26-21-39(35-47(46)57-32-15-11-13-17-34-59-49(54)9-2)50(55)60-41-27-29-51(6)40(36-41)22-23-42-44-25-24-43(38(5)20-18-19-37(3)4)52(44,7)30-28-45(42)51/h8-9,21,26,35,37-38,40-45H,1-2,10-20,22-25,27-34,36H2,3-7H3. The maximum atomic E-state index is 13.8. The Hall–Kier alpha value is -3.29. The lowest BCUT2D eigenvalue weighted by Crippen LogP contribution is -2.54. The van der Waals surface area contributed by atoms with Crippen molar-refractivity contribution in [2.45, 2.75) is 169 Å². The van der Waals surface area contributed by atoms with E-state index in [0.717, 1.165) is 106 Å². The number of benzene rings is 1. The van der Waals surface area contributed by atoms with E-state index < -0.39 is 11.9 Å². The first-order valence-electron chi connectivity index (χ1n) is 24.1. The van der Waals surface area contributed by atoms with Gasteiger partial charge in [0.05, 0.1) is 32.0 Å². The van der Waals surface area contributed by atoms with Crippen molar-refractivity contribution in [3.05, 3.63) is 49.1 Å². The Balaban J connectivity index is 1.13. The topological polar surface area (TPSA) is 97.4 Å². The normalized spacial score (nSPS) is 28.7. The van der Waals surface area contributed by atoms with E-state index >= 15 is 0 Å². The third-order valence-electron chi connectivity index (χ3n) is 15.7. The maximum absolute atomic E-state index is 13.8. The van der Waals surface area contributed by atoms with Gasteiger partial charge in [-0.15, -0.1) is 0 Å². The van der Waals surface area contributed by atoms with Crippen LogP contribution in [0.25, 0.3) is 0 Å². The van der Waals surface area contributed by atoms with Gasteiger partial charge in [-0.3, -0.25) is 0 Å². The van der Waals surface area contributed by atoms with E-state index in [1.165, 1.54) is 69.9 Å². The molecule has 4 aliphatic carbocycles. The van der Waals surface area contributed by atoms with Gasteiger partial charge in [0.2, 0.25) is 0 Å². The molecule has 0 saturated heterocycles. The minimum absolute atomic E-state index is 0.0603. The van der Waals surface area contributed by atoms with Gasteiger partial charge in [-0.25, -0.2) is 14.4 Å². The Labute approximate surface area is 363 Å². The number of unbranched alkanes of at least 4 members (excludes halogenated alkanes) is 6. The molecule has 1 aromatic rings. The zero-order chi connectivity index (χ0) is 43.1. The first-order valence-corrected chi connectivity index (χ1v) is 24.1. The molecule has 8 nitrogen and oxygen atoms in total. The van der Waals surface area contributed by atoms with Crippen LogP contribution in [0.3, 0.4) is 0 Å². The van der Waals surface area contributed by atoms with Crippen LogP contribution in [0.4, 0.5) is 0 Å². The van der Waals surface area contributed by atoms with Gasteiger partial charge in [0.25, 0.3) is 0 Å². The van der Waals surface area contributed by atoms with Crippen LogP contribution in [0.2, 0.25) is 0 Å². The van der Waals surface area contributed by atoms with Crippen LogP contribution >= 0.6 is 0 Å². The Bertz CT molecular complexity index is 1550. The average Bonchev–Trinajstić information content (AvgIpc) is 3.60. The molecule has 5 rings (SSSR count). The second-order valence-electron chi connectivity index (χ2n) is 19.9. The molecule has 9 atom stereocenters. The van der Waals surface area contributed by atoms with Gasteiger partial charge in [-0.1, -0.05) is 67.0 Å². The summed E-state index contributed by atoms with van der Waals surface area (Å²) in [5.41, 5.74) is 1.33. The first kappa shape index (κ1) is 47.8. The molecule has 60 heavy (non-hydrogen) atoms. The molecule has 0 heterocycles. The third-order valence-corrected chi connectivity index (χ3v) is 15.7. The molecule has 0 N–H and O–H groups in total. The SMILES string of the molecule is C=CC(=O)OCCCCCCOc1ccc(C(=O)OC2CCC3(C)C(CCC4C3CCC3(C)C(C(C)CCCC(C)C)CCC43)C2)cc1OCCCCCCOC(=O)C=C. The molecule has 336 valence electrons. The van der Waals surface area contributed by atoms with Gasteiger partial charge in [0.1, 0.15) is 6.10 Å². The van der Waals surface area contributed by atoms with Crippen LogP contribution in [0.5, 0.6) is 11.5 Å². The average molecular weight is 833 g/mol. The van der Waals surface area contributed by atoms with Crippen LogP contribution in [0.1, 0.15) is 173 Å². The van der Waals surface area contributed by atoms with Gasteiger partial charge in [0, 0.05) is 12.2 Å². The minimum Gasteiger partial charge on any atom is -0.490 e. The summed E-state index contributed by atoms with van der Waals surface area (Å²) in [7, 11) is 0. The molecule has 4 fully saturated rings. The summed E-state index contributed by atoms with van der Waals surface area (Å²) >= 11 is 0. The Kier molecular flexibility index (Phi) is 18.5. The van der Waals surface area contributed by atoms with Crippen LogP contribution in [0.15, 0.2) is 43.5 Å². The van der Waals surface area contributed by atoms with Crippen LogP contribution < -0.4 is 9.47 Å². The van der Waals surface area contributed by atoms with Gasteiger partial charge >= 0.3 is 17.9 Å². The first-order chi connectivity index (χ1) is 28.9. The number of rotatable bonds is 25. The highest BCUT2D eigenvalue weighted by molar-refractivity contribution is 5.90. The zero-order valence-electron chi connectivity index (χ0n) is 38.2. The summed E-state index contributed by atoms with van der Waals surface area (Å²) in [6.07, 6.45) is 24.7. The van der Waals surface area contributed by atoms with Crippen LogP contribution in [0, 0.1) is 52.3 Å². The highest BCUT2D eigenvalue weighted by atomic mass is 16.5. The van der Waals surface area contributed by atoms with E-state index in [1.807, 2.05) is 6.07 Å². The molecular weight excluding hydrogens is 753 g/mol. The largest absolute Gasteiger partial charge is 0.490 e. The number of carbonyl (C=O) groups excluding carboxylic acids is 3. The maximum Gasteiger partial charge on any atom is 0.338 e. The van der Waals surface area contributed by atoms with E-state index in [4.69, 9.17) is 23.7 Å². The molecule has 0 radical (unpaired) electrons. The fraction of sp³-hybridized carbons (Fsp3) is 0.750. The molecule has 4 saturated carbocycles. The Morgan fingerprint density at radius 2 is 1.28 bits per heavy atom. The molecule has 1 aromatic carbocycles. The number of hydrogen-bond donors (Lipinski definition) is 0. The van der Waals surface area contributed by atoms with Gasteiger partial charge in [-0.05, 0) is 180 Å². The fourth-order valence-electron chi connectivity index (χ4n) is 12.4. The highest BCUT2D eigenvalue weighted by Crippen LogP contribution is 2.68. The van der Waals surface area contributed by atoms with E-state index in [9.17, 15) is 14.4 Å². The zero-order valence-corrected chi connectivity index (χ0v) is 38.2. The Morgan fingerprint density at radius 3 is 1.92 bits per heavy atom. The van der Waals surface area contributed by atoms with Crippen LogP contribution in [-0.4, -0.2) is 50.4 Å². The van der Waals surface area contributed by atoms with Crippen LogP contribution in [-0.2, 0) is 23.8 Å². The summed E-state index contributed by atoms with van der Waals surface area (Å²) in [5.74, 6) is 5.75. The number of esters is 3. The van der Waals surface area contributed by atoms with Crippen molar-refractivity contribution in [2.75, 3.05) is 26.4 Å². The van der Waals surface area contributed by atoms with Gasteiger partial charge in [0.15, 0.2) is 11.5 Å². The molecule has 0 spiro atoms. The lowest BCUT2D eigenvalue weighted by atomic mass is 9.44. The van der Waals surface area contributed by atoms with Crippen molar-refractivity contribution in [1.82, 2.24) is 0 Å². The fourth-order valence-corrected chi connectivity index (χ4v) is 12.4. The number of carbonyl (C=O) groups is 3. The van der Waals surface area contributed by atoms with Crippen molar-refractivity contribution in [3.63, 3.8) is 0 Å². The predicted molar refractivity (Wildman–Crippen MR) is 239 cm³/mol. The van der Waals surface area contributed by atoms with Crippen molar-refractivity contribution < 1.29 is 38.1 Å². The van der Waals surface area contributed by atoms with E-state index in [-0.39, 0.29) is 12.1 Å². The summed E-state index contributed by atoms with van der Waals surface area (Å²) in [5, 5.41) is 0. The lowest BCUT2D eigenvalue weighted by molar-refractivity contribution is -0.138. The van der Waals surface area contributed by atoms with Crippen molar-refractivity contribution in [1.29, 1.82) is 0 Å². The van der Waals surface area contributed by atoms with E-state index in [0.29, 0.717) is 60.2 Å². The molecular formula is C52H80O8. The van der Waals surface area contributed by atoms with E-state index in [2.05, 4.69) is 47.8 Å². The number of ether oxygens (including phenoxy) is 5. The second-order valence-corrected chi connectivity index (χ2v) is 19.9. The van der Waals surface area contributed by atoms with Gasteiger partial charge < -0.3 is 23.7 Å². The third kappa shape index (κ3) is 12.6. The van der Waals surface area contributed by atoms with E-state index in [1.54, 1.807) is 12.1 Å². The molecule has 8 heteroatoms. The predicted octanol–water partition coefficient (Wildman–Crippen LogP) is 12.7. The van der Waals surface area contributed by atoms with Gasteiger partial charge in [-0.2, -0.15) is 0 Å². The molecule has 0 aromatic heterocycles. The number of hydrogen-bond acceptors (Lipinski definition) is 8. The molecule has 4 aliphatic rings. The minimum atomic E-state index is -0.394. The second kappa shape index (κ2) is 23.2. The molecule has 0 aliphatic heterocycles. The van der Waals surface area contributed by atoms with Crippen molar-refractivity contribution >= 4 is 17.9 Å². The lowest BCUT2D eigenvalue weighted by Gasteiger charge is -2.61. The smallest absolute Gasteiger partial charge is 0.338 e. The monoisotopic (exact) mass is 833 g/mol. The molecule has 0 amide bonds. The summed E-state index contributed by atoms with van der Waals surface area (Å²) in [6.45, 7) is 21.2. The van der Waals surface area contributed by atoms with Crippen molar-refractivity contribution in [3.8, 4) is 11.5 Å². The quantitative estimate of drug-likeness (QED) is 0.0416.